The summed E-state index contributed by atoms with van der Waals surface area (Å²) in [7, 11) is 2.00. The molecule has 2 heterocycles. The van der Waals surface area contributed by atoms with Gasteiger partial charge in [-0.3, -0.25) is 9.69 Å². The fourth-order valence-corrected chi connectivity index (χ4v) is 4.34. The molecular formula is C21H32FN3O. The van der Waals surface area contributed by atoms with Crippen molar-refractivity contribution in [3.8, 4) is 0 Å². The summed E-state index contributed by atoms with van der Waals surface area (Å²) in [6.45, 7) is 5.41. The highest BCUT2D eigenvalue weighted by atomic mass is 19.1. The van der Waals surface area contributed by atoms with Crippen LogP contribution in [0.4, 0.5) is 4.39 Å². The van der Waals surface area contributed by atoms with Gasteiger partial charge in [-0.2, -0.15) is 0 Å². The van der Waals surface area contributed by atoms with Gasteiger partial charge in [-0.1, -0.05) is 12.1 Å². The van der Waals surface area contributed by atoms with Gasteiger partial charge >= 0.3 is 0 Å². The lowest BCUT2D eigenvalue weighted by molar-refractivity contribution is -0.138. The summed E-state index contributed by atoms with van der Waals surface area (Å²) >= 11 is 0. The van der Waals surface area contributed by atoms with Crippen molar-refractivity contribution >= 4 is 5.91 Å². The second-order valence-electron chi connectivity index (χ2n) is 7.87. The third-order valence-electron chi connectivity index (χ3n) is 5.88. The van der Waals surface area contributed by atoms with Crippen LogP contribution in [-0.4, -0.2) is 55.5 Å². The number of carbonyl (C=O) groups excluding carboxylic acids is 1. The number of carbonyl (C=O) groups is 1. The topological polar surface area (TPSA) is 35.6 Å². The van der Waals surface area contributed by atoms with Gasteiger partial charge in [0.2, 0.25) is 5.91 Å². The van der Waals surface area contributed by atoms with Crippen LogP contribution < -0.4 is 5.32 Å². The second-order valence-corrected chi connectivity index (χ2v) is 7.87. The Morgan fingerprint density at radius 2 is 2.04 bits per heavy atom. The Balaban J connectivity index is 1.49. The third kappa shape index (κ3) is 5.27. The number of hydrogen-bond donors (Lipinski definition) is 1. The maximum absolute atomic E-state index is 13.4. The van der Waals surface area contributed by atoms with Gasteiger partial charge in [0.25, 0.3) is 0 Å². The molecule has 4 nitrogen and oxygen atoms in total. The second kappa shape index (κ2) is 9.47. The molecule has 3 rings (SSSR count). The summed E-state index contributed by atoms with van der Waals surface area (Å²) in [5, 5.41) is 3.22. The number of rotatable bonds is 6. The van der Waals surface area contributed by atoms with E-state index in [-0.39, 0.29) is 11.7 Å². The Bertz CT molecular complexity index is 586. The number of amides is 1. The van der Waals surface area contributed by atoms with Crippen LogP contribution in [0.2, 0.25) is 0 Å². The molecule has 1 aromatic rings. The number of halogens is 1. The molecule has 0 spiro atoms. The maximum Gasteiger partial charge on any atom is 0.226 e. The van der Waals surface area contributed by atoms with E-state index in [0.717, 1.165) is 76.4 Å². The smallest absolute Gasteiger partial charge is 0.226 e. The van der Waals surface area contributed by atoms with Crippen LogP contribution in [-0.2, 0) is 11.3 Å². The molecule has 0 aromatic heterocycles. The van der Waals surface area contributed by atoms with E-state index in [2.05, 4.69) is 15.1 Å². The van der Waals surface area contributed by atoms with Crippen molar-refractivity contribution in [1.82, 2.24) is 15.1 Å². The average Bonchev–Trinajstić information content (AvgIpc) is 2.66. The summed E-state index contributed by atoms with van der Waals surface area (Å²) < 4.78 is 13.4. The van der Waals surface area contributed by atoms with Crippen LogP contribution >= 0.6 is 0 Å². The third-order valence-corrected chi connectivity index (χ3v) is 5.88. The van der Waals surface area contributed by atoms with Crippen molar-refractivity contribution in [2.75, 3.05) is 39.8 Å². The van der Waals surface area contributed by atoms with Crippen LogP contribution in [0.1, 0.15) is 37.7 Å². The van der Waals surface area contributed by atoms with Crippen molar-refractivity contribution in [3.05, 3.63) is 35.6 Å². The number of nitrogens with zero attached hydrogens (tertiary/aromatic N) is 2. The highest BCUT2D eigenvalue weighted by molar-refractivity contribution is 5.79. The van der Waals surface area contributed by atoms with Crippen molar-refractivity contribution < 1.29 is 9.18 Å². The minimum absolute atomic E-state index is 0.103. The van der Waals surface area contributed by atoms with Gasteiger partial charge in [-0.15, -0.1) is 0 Å². The van der Waals surface area contributed by atoms with E-state index in [4.69, 9.17) is 0 Å². The summed E-state index contributed by atoms with van der Waals surface area (Å²) in [6.07, 6.45) is 5.51. The Morgan fingerprint density at radius 3 is 2.77 bits per heavy atom. The average molecular weight is 362 g/mol. The largest absolute Gasteiger partial charge is 0.342 e. The Hall–Kier alpha value is -1.46. The normalized spacial score (nSPS) is 22.5. The number of benzene rings is 1. The zero-order valence-electron chi connectivity index (χ0n) is 15.9. The lowest BCUT2D eigenvalue weighted by atomic mass is 9.91. The van der Waals surface area contributed by atoms with Crippen molar-refractivity contribution in [1.29, 1.82) is 0 Å². The van der Waals surface area contributed by atoms with Crippen LogP contribution in [0.15, 0.2) is 24.3 Å². The molecule has 1 amide bonds. The van der Waals surface area contributed by atoms with Crippen molar-refractivity contribution in [2.45, 2.75) is 38.6 Å². The summed E-state index contributed by atoms with van der Waals surface area (Å²) in [5.41, 5.74) is 0.989. The summed E-state index contributed by atoms with van der Waals surface area (Å²) in [6, 6.07) is 6.80. The van der Waals surface area contributed by atoms with E-state index < -0.39 is 0 Å². The van der Waals surface area contributed by atoms with Gasteiger partial charge in [-0.05, 0) is 75.9 Å². The fourth-order valence-electron chi connectivity index (χ4n) is 4.34. The molecule has 1 N–H and O–H groups in total. The molecule has 2 aliphatic heterocycles. The number of piperidine rings is 2. The van der Waals surface area contributed by atoms with Gasteiger partial charge in [0.1, 0.15) is 5.82 Å². The lowest BCUT2D eigenvalue weighted by Gasteiger charge is -2.38. The molecule has 1 atom stereocenters. The Kier molecular flexibility index (Phi) is 7.03. The van der Waals surface area contributed by atoms with Crippen LogP contribution in [0.3, 0.4) is 0 Å². The van der Waals surface area contributed by atoms with Gasteiger partial charge in [-0.25, -0.2) is 4.39 Å². The van der Waals surface area contributed by atoms with Crippen LogP contribution in [0.5, 0.6) is 0 Å². The highest BCUT2D eigenvalue weighted by Gasteiger charge is 2.31. The Labute approximate surface area is 156 Å². The fraction of sp³-hybridized carbons (Fsp3) is 0.667. The van der Waals surface area contributed by atoms with E-state index in [0.29, 0.717) is 5.91 Å². The zero-order valence-corrected chi connectivity index (χ0v) is 15.9. The first-order valence-corrected chi connectivity index (χ1v) is 10.1. The SMILES string of the molecule is CNCCC1CCN(C(=O)C2CCCN(Cc3cccc(F)c3)C2)CC1. The van der Waals surface area contributed by atoms with Crippen molar-refractivity contribution in [3.63, 3.8) is 0 Å². The van der Waals surface area contributed by atoms with Crippen LogP contribution in [0, 0.1) is 17.7 Å². The van der Waals surface area contributed by atoms with Gasteiger partial charge in [0, 0.05) is 26.2 Å². The minimum Gasteiger partial charge on any atom is -0.342 e. The molecule has 0 radical (unpaired) electrons. The molecule has 0 bridgehead atoms. The maximum atomic E-state index is 13.4. The number of nitrogens with one attached hydrogen (secondary N) is 1. The summed E-state index contributed by atoms with van der Waals surface area (Å²) in [4.78, 5) is 17.3. The van der Waals surface area contributed by atoms with Gasteiger partial charge < -0.3 is 10.2 Å². The first-order chi connectivity index (χ1) is 12.7. The van der Waals surface area contributed by atoms with E-state index in [1.165, 1.54) is 12.5 Å². The molecule has 2 aliphatic rings. The lowest BCUT2D eigenvalue weighted by Crippen LogP contribution is -2.47. The molecule has 0 aliphatic carbocycles. The standard InChI is InChI=1S/C21H32FN3O/c1-23-10-7-17-8-12-25(13-9-17)21(26)19-5-3-11-24(16-19)15-18-4-2-6-20(22)14-18/h2,4,6,14,17,19,23H,3,5,7-13,15-16H2,1H3. The first kappa shape index (κ1) is 19.3. The first-order valence-electron chi connectivity index (χ1n) is 10.1. The van der Waals surface area contributed by atoms with Crippen molar-refractivity contribution in [2.24, 2.45) is 11.8 Å². The van der Waals surface area contributed by atoms with E-state index in [1.54, 1.807) is 12.1 Å². The summed E-state index contributed by atoms with van der Waals surface area (Å²) in [5.74, 6) is 1.00. The van der Waals surface area contributed by atoms with Gasteiger partial charge in [0.15, 0.2) is 0 Å². The predicted octanol–water partition coefficient (Wildman–Crippen LogP) is 2.89. The minimum atomic E-state index is -0.187. The number of likely N-dealkylation sites (tertiary alicyclic amines) is 2. The van der Waals surface area contributed by atoms with E-state index in [1.807, 2.05) is 13.1 Å². The van der Waals surface area contributed by atoms with E-state index >= 15 is 0 Å². The molecule has 1 aromatic carbocycles. The molecule has 5 heteroatoms. The Morgan fingerprint density at radius 1 is 1.23 bits per heavy atom. The highest BCUT2D eigenvalue weighted by Crippen LogP contribution is 2.25. The van der Waals surface area contributed by atoms with Crippen LogP contribution in [0.25, 0.3) is 0 Å². The molecule has 144 valence electrons. The molecule has 26 heavy (non-hydrogen) atoms. The molecule has 2 saturated heterocycles. The molecule has 0 saturated carbocycles. The van der Waals surface area contributed by atoms with Gasteiger partial charge in [0.05, 0.1) is 5.92 Å². The predicted molar refractivity (Wildman–Crippen MR) is 102 cm³/mol. The number of hydrogen-bond acceptors (Lipinski definition) is 3. The zero-order chi connectivity index (χ0) is 18.4. The van der Waals surface area contributed by atoms with E-state index in [9.17, 15) is 9.18 Å². The quantitative estimate of drug-likeness (QED) is 0.846. The molecule has 2 fully saturated rings. The monoisotopic (exact) mass is 361 g/mol. The molecule has 1 unspecified atom stereocenters. The molecular weight excluding hydrogens is 329 g/mol.